The molecular formula is C27H45NO4. The van der Waals surface area contributed by atoms with E-state index in [9.17, 15) is 14.7 Å². The number of likely N-dealkylation sites (N-methyl/N-ethyl adjacent to an activating group) is 1. The topological polar surface area (TPSA) is 77.8 Å². The van der Waals surface area contributed by atoms with Gasteiger partial charge in [-0.3, -0.25) is 9.59 Å². The fourth-order valence-corrected chi connectivity index (χ4v) is 9.24. The molecule has 4 fully saturated rings. The van der Waals surface area contributed by atoms with E-state index >= 15 is 0 Å². The Bertz CT molecular complexity index is 724. The number of nitrogens with zero attached hydrogens (tertiary/aromatic N) is 1. The van der Waals surface area contributed by atoms with Crippen LogP contribution in [0.2, 0.25) is 0 Å². The van der Waals surface area contributed by atoms with Crippen LogP contribution in [-0.2, 0) is 9.59 Å². The van der Waals surface area contributed by atoms with Crippen molar-refractivity contribution < 1.29 is 19.8 Å². The van der Waals surface area contributed by atoms with E-state index in [0.717, 1.165) is 37.0 Å². The molecule has 4 saturated carbocycles. The van der Waals surface area contributed by atoms with Crippen LogP contribution in [0.3, 0.4) is 0 Å². The minimum Gasteiger partial charge on any atom is -0.480 e. The van der Waals surface area contributed by atoms with Gasteiger partial charge in [-0.1, -0.05) is 20.8 Å². The number of amides is 1. The number of hydrogen-bond donors (Lipinski definition) is 2. The van der Waals surface area contributed by atoms with Crippen LogP contribution >= 0.6 is 0 Å². The van der Waals surface area contributed by atoms with Crippen LogP contribution in [-0.4, -0.2) is 46.7 Å². The summed E-state index contributed by atoms with van der Waals surface area (Å²) in [6, 6.07) is 0. The van der Waals surface area contributed by atoms with Crippen LogP contribution < -0.4 is 0 Å². The fraction of sp³-hybridized carbons (Fsp3) is 0.926. The third-order valence-corrected chi connectivity index (χ3v) is 11.0. The first kappa shape index (κ1) is 24.0. The quantitative estimate of drug-likeness (QED) is 0.603. The Labute approximate surface area is 194 Å². The summed E-state index contributed by atoms with van der Waals surface area (Å²) in [4.78, 5) is 24.6. The van der Waals surface area contributed by atoms with Gasteiger partial charge in [0.05, 0.1) is 6.10 Å². The molecule has 9 atom stereocenters. The Hall–Kier alpha value is -1.10. The maximum atomic E-state index is 12.4. The summed E-state index contributed by atoms with van der Waals surface area (Å²) >= 11 is 0. The monoisotopic (exact) mass is 447 g/mol. The number of fused-ring (bicyclic) bond motifs is 5. The molecule has 0 heterocycles. The number of aliphatic hydroxyl groups excluding tert-OH is 1. The summed E-state index contributed by atoms with van der Waals surface area (Å²) in [6.07, 6.45) is 12.4. The van der Waals surface area contributed by atoms with Crippen LogP contribution in [0.5, 0.6) is 0 Å². The third kappa shape index (κ3) is 4.12. The maximum Gasteiger partial charge on any atom is 0.323 e. The zero-order chi connectivity index (χ0) is 23.3. The van der Waals surface area contributed by atoms with Crippen molar-refractivity contribution in [2.45, 2.75) is 97.5 Å². The molecule has 0 unspecified atom stereocenters. The lowest BCUT2D eigenvalue weighted by atomic mass is 9.44. The highest BCUT2D eigenvalue weighted by Crippen LogP contribution is 2.68. The second-order valence-electron chi connectivity index (χ2n) is 12.5. The summed E-state index contributed by atoms with van der Waals surface area (Å²) in [5, 5.41) is 19.2. The number of hydrogen-bond acceptors (Lipinski definition) is 3. The van der Waals surface area contributed by atoms with Gasteiger partial charge in [0.25, 0.3) is 0 Å². The number of aliphatic hydroxyl groups is 1. The molecule has 0 saturated heterocycles. The predicted molar refractivity (Wildman–Crippen MR) is 125 cm³/mol. The van der Waals surface area contributed by atoms with Crippen molar-refractivity contribution in [3.63, 3.8) is 0 Å². The molecule has 2 N–H and O–H groups in total. The van der Waals surface area contributed by atoms with Gasteiger partial charge in [-0.15, -0.1) is 0 Å². The highest BCUT2D eigenvalue weighted by Gasteiger charge is 2.60. The van der Waals surface area contributed by atoms with E-state index in [1.807, 2.05) is 0 Å². The average Bonchev–Trinajstić information content (AvgIpc) is 3.09. The molecule has 5 nitrogen and oxygen atoms in total. The van der Waals surface area contributed by atoms with Crippen LogP contribution in [0.4, 0.5) is 0 Å². The van der Waals surface area contributed by atoms with Crippen LogP contribution in [0, 0.1) is 46.3 Å². The Kier molecular flexibility index (Phi) is 6.70. The normalized spacial score (nSPS) is 44.2. The molecular weight excluding hydrogens is 402 g/mol. The number of carbonyl (C=O) groups excluding carboxylic acids is 1. The van der Waals surface area contributed by atoms with Crippen molar-refractivity contribution >= 4 is 11.9 Å². The minimum atomic E-state index is -0.951. The number of carbonyl (C=O) groups is 2. The molecule has 182 valence electrons. The van der Waals surface area contributed by atoms with Crippen molar-refractivity contribution in [3.8, 4) is 0 Å². The second kappa shape index (κ2) is 8.92. The fourth-order valence-electron chi connectivity index (χ4n) is 9.24. The molecule has 1 amide bonds. The van der Waals surface area contributed by atoms with Gasteiger partial charge in [-0.2, -0.15) is 0 Å². The van der Waals surface area contributed by atoms with Gasteiger partial charge in [0.15, 0.2) is 0 Å². The first-order chi connectivity index (χ1) is 15.1. The maximum absolute atomic E-state index is 12.4. The molecule has 0 aromatic heterocycles. The minimum absolute atomic E-state index is 0.0478. The summed E-state index contributed by atoms with van der Waals surface area (Å²) in [5.74, 6) is 3.36. The highest BCUT2D eigenvalue weighted by molar-refractivity contribution is 5.80. The Morgan fingerprint density at radius 3 is 2.41 bits per heavy atom. The Balaban J connectivity index is 1.40. The second-order valence-corrected chi connectivity index (χ2v) is 12.5. The van der Waals surface area contributed by atoms with E-state index in [-0.39, 0.29) is 18.6 Å². The molecule has 4 aliphatic rings. The Morgan fingerprint density at radius 1 is 1.00 bits per heavy atom. The lowest BCUT2D eigenvalue weighted by molar-refractivity contribution is -0.143. The van der Waals surface area contributed by atoms with Gasteiger partial charge in [0.2, 0.25) is 5.91 Å². The van der Waals surface area contributed by atoms with Gasteiger partial charge in [0, 0.05) is 13.5 Å². The smallest absolute Gasteiger partial charge is 0.323 e. The molecule has 32 heavy (non-hydrogen) atoms. The van der Waals surface area contributed by atoms with Crippen molar-refractivity contribution in [2.75, 3.05) is 13.6 Å². The molecule has 0 aromatic carbocycles. The van der Waals surface area contributed by atoms with E-state index in [1.165, 1.54) is 49.8 Å². The summed E-state index contributed by atoms with van der Waals surface area (Å²) < 4.78 is 0. The van der Waals surface area contributed by atoms with Gasteiger partial charge < -0.3 is 15.1 Å². The molecule has 0 aromatic rings. The molecule has 4 rings (SSSR count). The van der Waals surface area contributed by atoms with Crippen molar-refractivity contribution in [1.82, 2.24) is 4.90 Å². The van der Waals surface area contributed by atoms with Crippen LogP contribution in [0.25, 0.3) is 0 Å². The molecule has 0 spiro atoms. The van der Waals surface area contributed by atoms with Crippen LogP contribution in [0.15, 0.2) is 0 Å². The van der Waals surface area contributed by atoms with Crippen molar-refractivity contribution in [1.29, 1.82) is 0 Å². The first-order valence-corrected chi connectivity index (χ1v) is 13.2. The molecule has 4 aliphatic carbocycles. The lowest BCUT2D eigenvalue weighted by Crippen LogP contribution is -2.54. The molecule has 0 aliphatic heterocycles. The van der Waals surface area contributed by atoms with Gasteiger partial charge in [0.1, 0.15) is 6.54 Å². The molecule has 5 heteroatoms. The zero-order valence-corrected chi connectivity index (χ0v) is 20.7. The van der Waals surface area contributed by atoms with E-state index in [4.69, 9.17) is 5.11 Å². The van der Waals surface area contributed by atoms with E-state index in [2.05, 4.69) is 20.8 Å². The largest absolute Gasteiger partial charge is 0.480 e. The zero-order valence-electron chi connectivity index (χ0n) is 20.7. The van der Waals surface area contributed by atoms with E-state index < -0.39 is 5.97 Å². The van der Waals surface area contributed by atoms with Crippen molar-refractivity contribution in [3.05, 3.63) is 0 Å². The summed E-state index contributed by atoms with van der Waals surface area (Å²) in [6.45, 7) is 7.22. The number of carboxylic acid groups (broad SMARTS) is 1. The lowest BCUT2D eigenvalue weighted by Gasteiger charge is -2.61. The first-order valence-electron chi connectivity index (χ1n) is 13.2. The molecule has 0 bridgehead atoms. The van der Waals surface area contributed by atoms with Crippen molar-refractivity contribution in [2.24, 2.45) is 46.3 Å². The summed E-state index contributed by atoms with van der Waals surface area (Å²) in [5.41, 5.74) is 0.808. The number of aliphatic carboxylic acids is 1. The van der Waals surface area contributed by atoms with Gasteiger partial charge in [-0.25, -0.2) is 0 Å². The predicted octanol–water partition coefficient (Wildman–Crippen LogP) is 4.97. The number of carboxylic acids is 1. The van der Waals surface area contributed by atoms with Gasteiger partial charge in [-0.05, 0) is 111 Å². The SMILES string of the molecule is C[C@H](CCC(=O)N(C)CC(=O)O)[C@H]1CC[C@H]2[C@@H]3CC[C@@H]4C[C@H](O)CC[C@]4(C)[C@H]3CC[C@]12C. The van der Waals surface area contributed by atoms with E-state index in [1.54, 1.807) is 7.05 Å². The van der Waals surface area contributed by atoms with Crippen LogP contribution in [0.1, 0.15) is 91.4 Å². The standard InChI is InChI=1S/C27H45NO4/c1-17(5-10-24(30)28(4)16-25(31)32)21-8-9-22-20-7-6-18-15-19(29)11-13-26(18,2)23(20)12-14-27(21,22)3/h17-23,29H,5-16H2,1-4H3,(H,31,32)/t17-,18-,19-,20+,21-,22+,23+,26+,27-/m1/s1. The number of rotatable bonds is 6. The van der Waals surface area contributed by atoms with Gasteiger partial charge >= 0.3 is 5.97 Å². The average molecular weight is 448 g/mol. The Morgan fingerprint density at radius 2 is 1.69 bits per heavy atom. The third-order valence-electron chi connectivity index (χ3n) is 11.0. The van der Waals surface area contributed by atoms with E-state index in [0.29, 0.717) is 35.0 Å². The highest BCUT2D eigenvalue weighted by atomic mass is 16.4. The molecule has 0 radical (unpaired) electrons. The summed E-state index contributed by atoms with van der Waals surface area (Å²) in [7, 11) is 1.59.